The molecule has 63 heavy (non-hydrogen) atoms. The lowest BCUT2D eigenvalue weighted by molar-refractivity contribution is -0.137. The molecule has 4 fully saturated rings. The Morgan fingerprint density at radius 2 is 1.75 bits per heavy atom. The van der Waals surface area contributed by atoms with Crippen molar-refractivity contribution in [3.63, 3.8) is 0 Å². The van der Waals surface area contributed by atoms with Crippen molar-refractivity contribution in [1.82, 2.24) is 34.7 Å². The van der Waals surface area contributed by atoms with Gasteiger partial charge in [-0.1, -0.05) is 0 Å². The molecule has 23 heteroatoms. The number of nitrogens with zero attached hydrogens (tertiary/aromatic N) is 8. The van der Waals surface area contributed by atoms with Crippen LogP contribution in [0.4, 0.5) is 60.1 Å². The molecule has 4 aliphatic heterocycles. The fourth-order valence-electron chi connectivity index (χ4n) is 8.87. The van der Waals surface area contributed by atoms with Gasteiger partial charge < -0.3 is 25.1 Å². The summed E-state index contributed by atoms with van der Waals surface area (Å²) < 4.78 is 119. The van der Waals surface area contributed by atoms with Crippen molar-refractivity contribution in [3.8, 4) is 0 Å². The van der Waals surface area contributed by atoms with E-state index in [2.05, 4.69) is 30.4 Å². The lowest BCUT2D eigenvalue weighted by atomic mass is 9.94. The first-order valence-electron chi connectivity index (χ1n) is 20.6. The first-order chi connectivity index (χ1) is 29.7. The number of β-amino-alcohol motifs (C(OH)–C–C–N with tert-alkyl or cyclic N) is 1. The molecule has 2 aromatic heterocycles. The third-order valence-electron chi connectivity index (χ3n) is 12.2. The van der Waals surface area contributed by atoms with Crippen LogP contribution in [0.1, 0.15) is 51.0 Å². The Labute approximate surface area is 358 Å². The molecule has 8 rings (SSSR count). The maximum Gasteiger partial charge on any atom is 0.421 e. The summed E-state index contributed by atoms with van der Waals surface area (Å²) in [4.78, 5) is 37.8. The standard InChI is InChI=1S/C40H47F6N11O5S/c1-39(60)10-3-11-56(22-39)36-26(40(44,45)46)19-47-37(50-36)48-30-5-4-24(16-27(30)41)63(61,62)52-31-8-12-54(21-29(31)43)20-23-6-13-55(14-7-23)33-18-32-25(17-28(33)42)35(51-53(32)2)57-15-9-34(58)49-38(57)59/h4-5,16-19,23,29,31,52,60H,3,6-15,20-22H2,1-2H3,(H,47,48,50)(H,49,58,59)/t29-,31+,39-/m0/s1. The molecule has 340 valence electrons. The molecule has 0 spiro atoms. The number of amides is 3. The number of piperidine rings is 3. The van der Waals surface area contributed by atoms with Crippen LogP contribution in [0.25, 0.3) is 10.9 Å². The predicted molar refractivity (Wildman–Crippen MR) is 220 cm³/mol. The number of fused-ring (bicyclic) bond motifs is 1. The number of aliphatic hydroxyl groups is 1. The number of imide groups is 1. The summed E-state index contributed by atoms with van der Waals surface area (Å²) in [6.45, 7) is 3.71. The highest BCUT2D eigenvalue weighted by Gasteiger charge is 2.40. The summed E-state index contributed by atoms with van der Waals surface area (Å²) in [5, 5.41) is 20.1. The highest BCUT2D eigenvalue weighted by molar-refractivity contribution is 7.89. The summed E-state index contributed by atoms with van der Waals surface area (Å²) >= 11 is 0. The first-order valence-corrected chi connectivity index (χ1v) is 22.1. The molecule has 0 aliphatic carbocycles. The SMILES string of the molecule is Cn1nc(N2CCC(=O)NC2=O)c2cc(F)c(N3CCC(CN4CC[C@@H](NS(=O)(=O)c5ccc(Nc6ncc(C(F)(F)F)c(N7CCC[C@](C)(O)C7)n6)c(F)c5)[C@@H](F)C4)CC3)cc21. The van der Waals surface area contributed by atoms with Gasteiger partial charge in [0.15, 0.2) is 5.82 Å². The number of benzene rings is 2. The average molecular weight is 908 g/mol. The number of carbonyl (C=O) groups is 2. The summed E-state index contributed by atoms with van der Waals surface area (Å²) in [6.07, 6.45) is -3.37. The van der Waals surface area contributed by atoms with Crippen LogP contribution in [-0.4, -0.2) is 120 Å². The summed E-state index contributed by atoms with van der Waals surface area (Å²) in [7, 11) is -2.71. The lowest BCUT2D eigenvalue weighted by Crippen LogP contribution is -2.53. The number of halogens is 6. The third-order valence-corrected chi connectivity index (χ3v) is 13.6. The van der Waals surface area contributed by atoms with E-state index in [-0.39, 0.29) is 68.3 Å². The zero-order chi connectivity index (χ0) is 45.0. The van der Waals surface area contributed by atoms with Crippen molar-refractivity contribution >= 4 is 61.8 Å². The number of anilines is 5. The van der Waals surface area contributed by atoms with Gasteiger partial charge in [-0.3, -0.25) is 19.7 Å². The van der Waals surface area contributed by atoms with E-state index in [0.717, 1.165) is 12.1 Å². The van der Waals surface area contributed by atoms with Gasteiger partial charge in [-0.15, -0.1) is 0 Å². The molecule has 4 aromatic rings. The normalized spacial score (nSPS) is 23.4. The third kappa shape index (κ3) is 9.51. The largest absolute Gasteiger partial charge is 0.421 e. The molecule has 2 aromatic carbocycles. The van der Waals surface area contributed by atoms with Crippen LogP contribution in [0.15, 0.2) is 41.4 Å². The molecule has 0 unspecified atom stereocenters. The first kappa shape index (κ1) is 44.4. The Kier molecular flexibility index (Phi) is 12.0. The fourth-order valence-corrected chi connectivity index (χ4v) is 10.2. The molecule has 6 heterocycles. The minimum Gasteiger partial charge on any atom is -0.388 e. The van der Waals surface area contributed by atoms with Crippen molar-refractivity contribution in [2.45, 2.75) is 74.3 Å². The zero-order valence-electron chi connectivity index (χ0n) is 34.4. The maximum atomic E-state index is 15.6. The van der Waals surface area contributed by atoms with Crippen molar-refractivity contribution in [3.05, 3.63) is 53.7 Å². The minimum absolute atomic E-state index is 0.0357. The van der Waals surface area contributed by atoms with Crippen molar-refractivity contribution < 1.29 is 49.5 Å². The van der Waals surface area contributed by atoms with Gasteiger partial charge in [0.1, 0.15) is 29.2 Å². The predicted octanol–water partition coefficient (Wildman–Crippen LogP) is 4.81. The number of likely N-dealkylation sites (tertiary alicyclic amines) is 1. The van der Waals surface area contributed by atoms with E-state index in [1.54, 1.807) is 17.8 Å². The number of hydrogen-bond acceptors (Lipinski definition) is 12. The van der Waals surface area contributed by atoms with Gasteiger partial charge in [0.25, 0.3) is 0 Å². The molecule has 4 N–H and O–H groups in total. The van der Waals surface area contributed by atoms with E-state index >= 15 is 13.2 Å². The molecule has 0 radical (unpaired) electrons. The fraction of sp³-hybridized carbons (Fsp3) is 0.525. The van der Waals surface area contributed by atoms with E-state index in [1.807, 2.05) is 9.80 Å². The molecule has 0 saturated carbocycles. The summed E-state index contributed by atoms with van der Waals surface area (Å²) in [5.41, 5.74) is -1.69. The Bertz CT molecular complexity index is 2520. The van der Waals surface area contributed by atoms with Crippen LogP contribution < -0.4 is 30.1 Å². The Morgan fingerprint density at radius 1 is 0.984 bits per heavy atom. The van der Waals surface area contributed by atoms with E-state index in [4.69, 9.17) is 0 Å². The number of rotatable bonds is 10. The molecule has 4 aliphatic rings. The van der Waals surface area contributed by atoms with Crippen LogP contribution in [0.2, 0.25) is 0 Å². The van der Waals surface area contributed by atoms with Crippen molar-refractivity contribution in [1.29, 1.82) is 0 Å². The molecule has 4 saturated heterocycles. The number of aromatic nitrogens is 4. The molecular weight excluding hydrogens is 861 g/mol. The number of hydrogen-bond donors (Lipinski definition) is 4. The van der Waals surface area contributed by atoms with E-state index in [9.17, 15) is 36.3 Å². The van der Waals surface area contributed by atoms with Crippen LogP contribution in [0.5, 0.6) is 0 Å². The van der Waals surface area contributed by atoms with Gasteiger partial charge in [0.2, 0.25) is 21.9 Å². The van der Waals surface area contributed by atoms with Gasteiger partial charge in [-0.05, 0) is 81.8 Å². The molecular formula is C40H47F6N11O5S. The highest BCUT2D eigenvalue weighted by Crippen LogP contribution is 2.39. The molecule has 0 bridgehead atoms. The second-order valence-electron chi connectivity index (χ2n) is 17.0. The van der Waals surface area contributed by atoms with Gasteiger partial charge in [0.05, 0.1) is 33.4 Å². The quantitative estimate of drug-likeness (QED) is 0.160. The Morgan fingerprint density at radius 3 is 2.43 bits per heavy atom. The summed E-state index contributed by atoms with van der Waals surface area (Å²) in [6, 6.07) is 4.22. The number of nitrogens with one attached hydrogen (secondary N) is 3. The second kappa shape index (κ2) is 17.0. The van der Waals surface area contributed by atoms with Crippen LogP contribution in [0, 0.1) is 17.6 Å². The topological polar surface area (TPSA) is 181 Å². The molecule has 3 atom stereocenters. The summed E-state index contributed by atoms with van der Waals surface area (Å²) in [5.74, 6) is -2.37. The van der Waals surface area contributed by atoms with Gasteiger partial charge in [0, 0.05) is 70.9 Å². The Hall–Kier alpha value is -5.26. The van der Waals surface area contributed by atoms with Crippen molar-refractivity contribution in [2.24, 2.45) is 13.0 Å². The second-order valence-corrected chi connectivity index (χ2v) is 18.7. The molecule has 16 nitrogen and oxygen atoms in total. The van der Waals surface area contributed by atoms with Crippen molar-refractivity contribution in [2.75, 3.05) is 72.4 Å². The zero-order valence-corrected chi connectivity index (χ0v) is 35.2. The number of aryl methyl sites for hydroxylation is 1. The van der Waals surface area contributed by atoms with Crippen LogP contribution >= 0.6 is 0 Å². The number of sulfonamides is 1. The van der Waals surface area contributed by atoms with E-state index in [0.29, 0.717) is 80.7 Å². The maximum absolute atomic E-state index is 15.6. The van der Waals surface area contributed by atoms with Crippen LogP contribution in [0.3, 0.4) is 0 Å². The smallest absolute Gasteiger partial charge is 0.388 e. The number of carbonyl (C=O) groups excluding carboxylic acids is 2. The van der Waals surface area contributed by atoms with Gasteiger partial charge in [-0.2, -0.15) is 23.3 Å². The lowest BCUT2D eigenvalue weighted by Gasteiger charge is -2.39. The highest BCUT2D eigenvalue weighted by atomic mass is 32.2. The Balaban J connectivity index is 0.847. The molecule has 3 amide bonds. The van der Waals surface area contributed by atoms with Gasteiger partial charge in [-0.25, -0.2) is 36.1 Å². The number of alkyl halides is 4. The van der Waals surface area contributed by atoms with Crippen LogP contribution in [-0.2, 0) is 28.0 Å². The minimum atomic E-state index is -4.81. The van der Waals surface area contributed by atoms with E-state index < -0.39 is 68.0 Å². The van der Waals surface area contributed by atoms with E-state index in [1.165, 1.54) is 22.8 Å². The monoisotopic (exact) mass is 907 g/mol. The average Bonchev–Trinajstić information content (AvgIpc) is 3.52. The number of urea groups is 1. The van der Waals surface area contributed by atoms with Gasteiger partial charge >= 0.3 is 12.2 Å².